The van der Waals surface area contributed by atoms with E-state index in [1.807, 2.05) is 0 Å². The lowest BCUT2D eigenvalue weighted by Gasteiger charge is -2.16. The number of aldehydes is 1. The van der Waals surface area contributed by atoms with Crippen LogP contribution in [0.1, 0.15) is 20.3 Å². The highest BCUT2D eigenvalue weighted by atomic mass is 127. The fourth-order valence-corrected chi connectivity index (χ4v) is 1.18. The van der Waals surface area contributed by atoms with Crippen LogP contribution in [0.3, 0.4) is 0 Å². The third-order valence-electron chi connectivity index (χ3n) is 1.44. The van der Waals surface area contributed by atoms with Crippen LogP contribution >= 0.6 is 22.6 Å². The quantitative estimate of drug-likeness (QED) is 0.459. The first-order chi connectivity index (χ1) is 5.60. The molecule has 0 aliphatic heterocycles. The van der Waals surface area contributed by atoms with Gasteiger partial charge >= 0.3 is 0 Å². The van der Waals surface area contributed by atoms with E-state index in [-0.39, 0.29) is 6.04 Å². The van der Waals surface area contributed by atoms with E-state index in [2.05, 4.69) is 48.3 Å². The van der Waals surface area contributed by atoms with Gasteiger partial charge in [0.2, 0.25) is 0 Å². The summed E-state index contributed by atoms with van der Waals surface area (Å²) < 4.78 is 0.847. The summed E-state index contributed by atoms with van der Waals surface area (Å²) in [7, 11) is 0. The summed E-state index contributed by atoms with van der Waals surface area (Å²) in [4.78, 5) is 10.6. The van der Waals surface area contributed by atoms with Crippen LogP contribution in [0.25, 0.3) is 0 Å². The standard InChI is InChI=1S/C9H16INO/c1-7(2)4-9(6-12)11-8(3)5-10/h6-7,9,11H,3-5H2,1-2H3/t9-/m0/s1. The molecule has 0 fully saturated rings. The van der Waals surface area contributed by atoms with Crippen molar-refractivity contribution in [3.05, 3.63) is 12.3 Å². The van der Waals surface area contributed by atoms with Gasteiger partial charge in [0.25, 0.3) is 0 Å². The molecule has 0 aromatic heterocycles. The SMILES string of the molecule is C=C(CI)N[C@H](C=O)CC(C)C. The third kappa shape index (κ3) is 5.57. The third-order valence-corrected chi connectivity index (χ3v) is 2.36. The van der Waals surface area contributed by atoms with Crippen molar-refractivity contribution < 1.29 is 4.79 Å². The molecule has 0 spiro atoms. The van der Waals surface area contributed by atoms with Crippen molar-refractivity contribution in [2.45, 2.75) is 26.3 Å². The van der Waals surface area contributed by atoms with Crippen molar-refractivity contribution in [3.63, 3.8) is 0 Å². The molecule has 0 unspecified atom stereocenters. The summed E-state index contributed by atoms with van der Waals surface area (Å²) in [6, 6.07) is -0.0627. The first kappa shape index (κ1) is 11.9. The van der Waals surface area contributed by atoms with Crippen LogP contribution in [-0.2, 0) is 4.79 Å². The molecule has 0 aliphatic rings. The summed E-state index contributed by atoms with van der Waals surface area (Å²) in [5.74, 6) is 0.537. The monoisotopic (exact) mass is 281 g/mol. The summed E-state index contributed by atoms with van der Waals surface area (Å²) in [5.41, 5.74) is 0.924. The lowest BCUT2D eigenvalue weighted by molar-refractivity contribution is -0.109. The minimum atomic E-state index is -0.0627. The highest BCUT2D eigenvalue weighted by Gasteiger charge is 2.08. The van der Waals surface area contributed by atoms with Crippen molar-refractivity contribution in [2.75, 3.05) is 4.43 Å². The average molecular weight is 281 g/mol. The number of hydrogen-bond acceptors (Lipinski definition) is 2. The average Bonchev–Trinajstić information content (AvgIpc) is 2.02. The van der Waals surface area contributed by atoms with Gasteiger partial charge in [-0.3, -0.25) is 0 Å². The summed E-state index contributed by atoms with van der Waals surface area (Å²) >= 11 is 2.22. The smallest absolute Gasteiger partial charge is 0.142 e. The maximum Gasteiger partial charge on any atom is 0.142 e. The van der Waals surface area contributed by atoms with Gasteiger partial charge in [-0.1, -0.05) is 43.0 Å². The number of halogens is 1. The van der Waals surface area contributed by atoms with Gasteiger partial charge in [0.05, 0.1) is 6.04 Å². The summed E-state index contributed by atoms with van der Waals surface area (Å²) in [6.45, 7) is 8.00. The molecule has 0 aliphatic carbocycles. The summed E-state index contributed by atoms with van der Waals surface area (Å²) in [5, 5.41) is 3.08. The zero-order valence-corrected chi connectivity index (χ0v) is 9.80. The highest BCUT2D eigenvalue weighted by Crippen LogP contribution is 2.04. The van der Waals surface area contributed by atoms with Crippen LogP contribution in [0.2, 0.25) is 0 Å². The Balaban J connectivity index is 3.82. The zero-order valence-electron chi connectivity index (χ0n) is 7.64. The number of carbonyl (C=O) groups is 1. The highest BCUT2D eigenvalue weighted by molar-refractivity contribution is 14.1. The molecule has 12 heavy (non-hydrogen) atoms. The van der Waals surface area contributed by atoms with E-state index in [9.17, 15) is 4.79 Å². The molecule has 3 heteroatoms. The fraction of sp³-hybridized carbons (Fsp3) is 0.667. The van der Waals surface area contributed by atoms with Crippen molar-refractivity contribution in [1.29, 1.82) is 0 Å². The molecule has 70 valence electrons. The second-order valence-electron chi connectivity index (χ2n) is 3.25. The number of carbonyl (C=O) groups excluding carboxylic acids is 1. The predicted molar refractivity (Wildman–Crippen MR) is 60.5 cm³/mol. The molecule has 1 atom stereocenters. The molecule has 0 aromatic rings. The van der Waals surface area contributed by atoms with E-state index in [1.54, 1.807) is 0 Å². The Kier molecular flexibility index (Phi) is 6.42. The van der Waals surface area contributed by atoms with Gasteiger partial charge in [0.1, 0.15) is 6.29 Å². The van der Waals surface area contributed by atoms with Crippen LogP contribution in [0.4, 0.5) is 0 Å². The Labute approximate surface area is 87.9 Å². The van der Waals surface area contributed by atoms with E-state index in [0.717, 1.165) is 22.8 Å². The normalized spacial score (nSPS) is 12.7. The maximum atomic E-state index is 10.6. The predicted octanol–water partition coefficient (Wildman–Crippen LogP) is 2.14. The van der Waals surface area contributed by atoms with Crippen LogP contribution in [0.5, 0.6) is 0 Å². The molecule has 0 radical (unpaired) electrons. The van der Waals surface area contributed by atoms with E-state index in [4.69, 9.17) is 0 Å². The Bertz CT molecular complexity index is 157. The number of rotatable bonds is 6. The molecule has 0 amide bonds. The van der Waals surface area contributed by atoms with E-state index in [0.29, 0.717) is 5.92 Å². The van der Waals surface area contributed by atoms with Gasteiger partial charge in [0, 0.05) is 10.1 Å². The van der Waals surface area contributed by atoms with Crippen LogP contribution in [0.15, 0.2) is 12.3 Å². The van der Waals surface area contributed by atoms with Gasteiger partial charge < -0.3 is 10.1 Å². The van der Waals surface area contributed by atoms with Crippen LogP contribution in [-0.4, -0.2) is 16.8 Å². The number of hydrogen-bond donors (Lipinski definition) is 1. The van der Waals surface area contributed by atoms with Gasteiger partial charge in [-0.15, -0.1) is 0 Å². The second-order valence-corrected chi connectivity index (χ2v) is 4.02. The lowest BCUT2D eigenvalue weighted by Crippen LogP contribution is -2.31. The Morgan fingerprint density at radius 2 is 2.25 bits per heavy atom. The number of nitrogens with one attached hydrogen (secondary N) is 1. The van der Waals surface area contributed by atoms with E-state index in [1.165, 1.54) is 0 Å². The minimum absolute atomic E-state index is 0.0627. The second kappa shape index (κ2) is 6.46. The Morgan fingerprint density at radius 1 is 1.67 bits per heavy atom. The molecule has 2 nitrogen and oxygen atoms in total. The summed E-state index contributed by atoms with van der Waals surface area (Å²) in [6.07, 6.45) is 1.83. The maximum absolute atomic E-state index is 10.6. The van der Waals surface area contributed by atoms with Crippen LogP contribution < -0.4 is 5.32 Å². The zero-order chi connectivity index (χ0) is 9.56. The van der Waals surface area contributed by atoms with Crippen molar-refractivity contribution >= 4 is 28.9 Å². The number of alkyl halides is 1. The van der Waals surface area contributed by atoms with Crippen molar-refractivity contribution in [1.82, 2.24) is 5.32 Å². The topological polar surface area (TPSA) is 29.1 Å². The molecule has 1 N–H and O–H groups in total. The first-order valence-electron chi connectivity index (χ1n) is 4.05. The molecule has 0 bridgehead atoms. The van der Waals surface area contributed by atoms with Gasteiger partial charge in [-0.2, -0.15) is 0 Å². The molecular formula is C9H16INO. The van der Waals surface area contributed by atoms with Crippen molar-refractivity contribution in [2.24, 2.45) is 5.92 Å². The molecule has 0 saturated heterocycles. The van der Waals surface area contributed by atoms with Gasteiger partial charge in [-0.05, 0) is 12.3 Å². The first-order valence-corrected chi connectivity index (χ1v) is 5.58. The fourth-order valence-electron chi connectivity index (χ4n) is 0.957. The minimum Gasteiger partial charge on any atom is -0.379 e. The van der Waals surface area contributed by atoms with E-state index >= 15 is 0 Å². The van der Waals surface area contributed by atoms with Gasteiger partial charge in [0.15, 0.2) is 0 Å². The van der Waals surface area contributed by atoms with Crippen LogP contribution in [0, 0.1) is 5.92 Å². The molecule has 0 saturated carbocycles. The van der Waals surface area contributed by atoms with Gasteiger partial charge in [-0.25, -0.2) is 0 Å². The number of allylic oxidation sites excluding steroid dienone is 1. The molecule has 0 heterocycles. The molecular weight excluding hydrogens is 265 g/mol. The largest absolute Gasteiger partial charge is 0.379 e. The Morgan fingerprint density at radius 3 is 2.58 bits per heavy atom. The van der Waals surface area contributed by atoms with Crippen molar-refractivity contribution in [3.8, 4) is 0 Å². The van der Waals surface area contributed by atoms with E-state index < -0.39 is 0 Å². The Hall–Kier alpha value is -0.0600. The molecule has 0 rings (SSSR count). The lowest BCUT2D eigenvalue weighted by atomic mass is 10.1. The molecule has 0 aromatic carbocycles.